The number of primary amides is 1. The fourth-order valence-corrected chi connectivity index (χ4v) is 0.750. The summed E-state index contributed by atoms with van der Waals surface area (Å²) in [5.41, 5.74) is 6.40. The van der Waals surface area contributed by atoms with Crippen LogP contribution in [0.1, 0.15) is 15.9 Å². The molecule has 3 nitrogen and oxygen atoms in total. The number of amides is 1. The van der Waals surface area contributed by atoms with E-state index in [2.05, 4.69) is 4.98 Å². The van der Waals surface area contributed by atoms with Crippen LogP contribution in [0.5, 0.6) is 0 Å². The molecule has 0 aliphatic heterocycles. The number of hydrogen-bond acceptors (Lipinski definition) is 2. The Labute approximate surface area is 71.0 Å². The Balaban J connectivity index is 0.000001000. The van der Waals surface area contributed by atoms with Gasteiger partial charge in [0.2, 0.25) is 5.91 Å². The number of rotatable bonds is 1. The second-order valence-corrected chi connectivity index (χ2v) is 2.05. The van der Waals surface area contributed by atoms with Crippen LogP contribution < -0.4 is 5.73 Å². The molecular formula is C7H9ClN2O. The van der Waals surface area contributed by atoms with Crippen LogP contribution in [0.4, 0.5) is 0 Å². The van der Waals surface area contributed by atoms with E-state index in [1.54, 1.807) is 25.4 Å². The van der Waals surface area contributed by atoms with Gasteiger partial charge in [0.25, 0.3) is 0 Å². The topological polar surface area (TPSA) is 56.0 Å². The van der Waals surface area contributed by atoms with E-state index in [1.807, 2.05) is 0 Å². The lowest BCUT2D eigenvalue weighted by Gasteiger charge is -1.96. The molecular weight excluding hydrogens is 164 g/mol. The van der Waals surface area contributed by atoms with E-state index in [4.69, 9.17) is 5.73 Å². The van der Waals surface area contributed by atoms with Gasteiger partial charge in [0.15, 0.2) is 0 Å². The summed E-state index contributed by atoms with van der Waals surface area (Å²) in [6.45, 7) is 1.80. The molecule has 0 aliphatic rings. The quantitative estimate of drug-likeness (QED) is 0.685. The molecule has 11 heavy (non-hydrogen) atoms. The molecule has 0 spiro atoms. The highest BCUT2D eigenvalue weighted by Crippen LogP contribution is 2.02. The molecule has 1 amide bonds. The van der Waals surface area contributed by atoms with Gasteiger partial charge in [-0.15, -0.1) is 12.4 Å². The first-order valence-corrected chi connectivity index (χ1v) is 2.92. The van der Waals surface area contributed by atoms with Crippen molar-refractivity contribution in [3.05, 3.63) is 29.6 Å². The molecule has 2 N–H and O–H groups in total. The first-order valence-electron chi connectivity index (χ1n) is 2.92. The van der Waals surface area contributed by atoms with E-state index < -0.39 is 5.91 Å². The highest BCUT2D eigenvalue weighted by atomic mass is 35.5. The fraction of sp³-hybridized carbons (Fsp3) is 0.143. The number of nitrogens with zero attached hydrogens (tertiary/aromatic N) is 1. The average molecular weight is 173 g/mol. The van der Waals surface area contributed by atoms with E-state index in [-0.39, 0.29) is 12.4 Å². The molecule has 60 valence electrons. The molecule has 0 atom stereocenters. The summed E-state index contributed by atoms with van der Waals surface area (Å²) < 4.78 is 0. The third-order valence-corrected chi connectivity index (χ3v) is 1.29. The number of carbonyl (C=O) groups excluding carboxylic acids is 1. The standard InChI is InChI=1S/C7H8N2O.ClH/c1-5-4-9-3-2-6(5)7(8)10;/h2-4H,1H3,(H2,8,10);1H. The molecule has 0 bridgehead atoms. The highest BCUT2D eigenvalue weighted by Gasteiger charge is 2.01. The second-order valence-electron chi connectivity index (χ2n) is 2.05. The molecule has 0 aromatic carbocycles. The fourth-order valence-electron chi connectivity index (χ4n) is 0.750. The molecule has 0 aliphatic carbocycles. The summed E-state index contributed by atoms with van der Waals surface area (Å²) >= 11 is 0. The zero-order valence-corrected chi connectivity index (χ0v) is 6.89. The maximum atomic E-state index is 10.6. The molecule has 4 heteroatoms. The molecule has 1 heterocycles. The lowest BCUT2D eigenvalue weighted by atomic mass is 10.1. The first-order chi connectivity index (χ1) is 4.72. The van der Waals surface area contributed by atoms with Crippen LogP contribution in [0.2, 0.25) is 0 Å². The predicted molar refractivity (Wildman–Crippen MR) is 44.7 cm³/mol. The van der Waals surface area contributed by atoms with E-state index in [1.165, 1.54) is 0 Å². The van der Waals surface area contributed by atoms with Gasteiger partial charge < -0.3 is 5.73 Å². The number of carbonyl (C=O) groups is 1. The Morgan fingerprint density at radius 2 is 2.27 bits per heavy atom. The van der Waals surface area contributed by atoms with Crippen LogP contribution in [-0.2, 0) is 0 Å². The van der Waals surface area contributed by atoms with Gasteiger partial charge in [0, 0.05) is 18.0 Å². The maximum absolute atomic E-state index is 10.6. The van der Waals surface area contributed by atoms with Crippen molar-refractivity contribution in [2.24, 2.45) is 5.73 Å². The van der Waals surface area contributed by atoms with Gasteiger partial charge in [-0.1, -0.05) is 0 Å². The van der Waals surface area contributed by atoms with Gasteiger partial charge in [-0.05, 0) is 18.6 Å². The summed E-state index contributed by atoms with van der Waals surface area (Å²) in [5.74, 6) is -0.403. The third-order valence-electron chi connectivity index (χ3n) is 1.29. The molecule has 1 aromatic heterocycles. The molecule has 1 aromatic rings. The van der Waals surface area contributed by atoms with E-state index in [0.29, 0.717) is 5.56 Å². The second kappa shape index (κ2) is 3.93. The first kappa shape index (κ1) is 9.91. The van der Waals surface area contributed by atoms with Crippen molar-refractivity contribution in [2.75, 3.05) is 0 Å². The molecule has 1 rings (SSSR count). The number of nitrogens with two attached hydrogens (primary N) is 1. The van der Waals surface area contributed by atoms with Gasteiger partial charge >= 0.3 is 0 Å². The Bertz CT molecular complexity index is 262. The minimum Gasteiger partial charge on any atom is -0.366 e. The maximum Gasteiger partial charge on any atom is 0.249 e. The largest absolute Gasteiger partial charge is 0.366 e. The zero-order valence-electron chi connectivity index (χ0n) is 6.07. The molecule has 0 unspecified atom stereocenters. The Kier molecular flexibility index (Phi) is 3.54. The Morgan fingerprint density at radius 1 is 1.64 bits per heavy atom. The number of aryl methyl sites for hydroxylation is 1. The molecule has 0 saturated heterocycles. The summed E-state index contributed by atoms with van der Waals surface area (Å²) in [5, 5.41) is 0. The number of hydrogen-bond donors (Lipinski definition) is 1. The van der Waals surface area contributed by atoms with Crippen molar-refractivity contribution in [1.29, 1.82) is 0 Å². The van der Waals surface area contributed by atoms with Crippen molar-refractivity contribution >= 4 is 18.3 Å². The van der Waals surface area contributed by atoms with Gasteiger partial charge in [-0.3, -0.25) is 9.78 Å². The zero-order chi connectivity index (χ0) is 7.56. The van der Waals surface area contributed by atoms with Gasteiger partial charge in [-0.25, -0.2) is 0 Å². The number of aromatic nitrogens is 1. The Hall–Kier alpha value is -1.09. The minimum absolute atomic E-state index is 0. The average Bonchev–Trinajstić information content (AvgIpc) is 1.88. The van der Waals surface area contributed by atoms with Gasteiger partial charge in [0.05, 0.1) is 0 Å². The summed E-state index contributed by atoms with van der Waals surface area (Å²) in [6, 6.07) is 1.61. The molecule has 0 saturated carbocycles. The van der Waals surface area contributed by atoms with Gasteiger partial charge in [0.1, 0.15) is 0 Å². The van der Waals surface area contributed by atoms with Crippen LogP contribution in [-0.4, -0.2) is 10.9 Å². The molecule has 0 radical (unpaired) electrons. The summed E-state index contributed by atoms with van der Waals surface area (Å²) in [7, 11) is 0. The van der Waals surface area contributed by atoms with Crippen molar-refractivity contribution in [2.45, 2.75) is 6.92 Å². The smallest absolute Gasteiger partial charge is 0.249 e. The monoisotopic (exact) mass is 172 g/mol. The van der Waals surface area contributed by atoms with E-state index in [0.717, 1.165) is 5.56 Å². The van der Waals surface area contributed by atoms with E-state index >= 15 is 0 Å². The number of pyridine rings is 1. The summed E-state index contributed by atoms with van der Waals surface area (Å²) in [4.78, 5) is 14.4. The van der Waals surface area contributed by atoms with Gasteiger partial charge in [-0.2, -0.15) is 0 Å². The lowest BCUT2D eigenvalue weighted by molar-refractivity contribution is 0.0999. The highest BCUT2D eigenvalue weighted by molar-refractivity contribution is 5.93. The Morgan fingerprint density at radius 3 is 2.64 bits per heavy atom. The predicted octanol–water partition coefficient (Wildman–Crippen LogP) is 0.911. The van der Waals surface area contributed by atoms with Crippen molar-refractivity contribution in [3.63, 3.8) is 0 Å². The number of halogens is 1. The van der Waals surface area contributed by atoms with Crippen molar-refractivity contribution < 1.29 is 4.79 Å². The lowest BCUT2D eigenvalue weighted by Crippen LogP contribution is -2.12. The van der Waals surface area contributed by atoms with Crippen LogP contribution in [0.25, 0.3) is 0 Å². The van der Waals surface area contributed by atoms with Crippen LogP contribution in [0, 0.1) is 6.92 Å². The summed E-state index contributed by atoms with van der Waals surface area (Å²) in [6.07, 6.45) is 3.16. The minimum atomic E-state index is -0.403. The van der Waals surface area contributed by atoms with Crippen LogP contribution >= 0.6 is 12.4 Å². The van der Waals surface area contributed by atoms with E-state index in [9.17, 15) is 4.79 Å². The van der Waals surface area contributed by atoms with Crippen LogP contribution in [0.15, 0.2) is 18.5 Å². The molecule has 0 fully saturated rings. The SMILES string of the molecule is Cc1cnccc1C(N)=O.Cl. The van der Waals surface area contributed by atoms with Crippen molar-refractivity contribution in [1.82, 2.24) is 4.98 Å². The van der Waals surface area contributed by atoms with Crippen LogP contribution in [0.3, 0.4) is 0 Å². The third kappa shape index (κ3) is 2.20. The van der Waals surface area contributed by atoms with Crippen molar-refractivity contribution in [3.8, 4) is 0 Å². The normalized spacial score (nSPS) is 8.45.